The second kappa shape index (κ2) is 6.82. The fraction of sp³-hybridized carbons (Fsp3) is 0.231. The maximum atomic E-state index is 12.1. The fourth-order valence-corrected chi connectivity index (χ4v) is 4.75. The van der Waals surface area contributed by atoms with Crippen molar-refractivity contribution < 1.29 is 8.42 Å². The molecule has 0 saturated carbocycles. The van der Waals surface area contributed by atoms with Crippen LogP contribution >= 0.6 is 27.3 Å². The van der Waals surface area contributed by atoms with Crippen LogP contribution in [0.3, 0.4) is 0 Å². The molecule has 108 valence electrons. The van der Waals surface area contributed by atoms with Crippen LogP contribution in [0.25, 0.3) is 0 Å². The van der Waals surface area contributed by atoms with E-state index in [2.05, 4.69) is 20.7 Å². The minimum absolute atomic E-state index is 0.279. The molecule has 1 aromatic carbocycles. The molecule has 4 nitrogen and oxygen atoms in total. The van der Waals surface area contributed by atoms with Crippen LogP contribution in [0, 0.1) is 0 Å². The number of benzene rings is 1. The summed E-state index contributed by atoms with van der Waals surface area (Å²) in [5.41, 5.74) is 7.56. The normalized spacial score (nSPS) is 11.7. The summed E-state index contributed by atoms with van der Waals surface area (Å²) >= 11 is 4.45. The Bertz CT molecular complexity index is 666. The average Bonchev–Trinajstić information content (AvgIpc) is 2.86. The Hall–Kier alpha value is -0.730. The highest BCUT2D eigenvalue weighted by Crippen LogP contribution is 2.25. The smallest absolute Gasteiger partial charge is 0.250 e. The van der Waals surface area contributed by atoms with E-state index in [9.17, 15) is 8.42 Å². The van der Waals surface area contributed by atoms with E-state index in [1.165, 1.54) is 11.3 Å². The van der Waals surface area contributed by atoms with Crippen molar-refractivity contribution >= 4 is 37.3 Å². The predicted octanol–water partition coefficient (Wildman–Crippen LogP) is 2.49. The zero-order valence-corrected chi connectivity index (χ0v) is 13.9. The first kappa shape index (κ1) is 15.7. The van der Waals surface area contributed by atoms with Crippen LogP contribution in [0.2, 0.25) is 0 Å². The Morgan fingerprint density at radius 2 is 1.75 bits per heavy atom. The first-order chi connectivity index (χ1) is 9.51. The summed E-state index contributed by atoms with van der Waals surface area (Å²) in [6, 6.07) is 11.1. The van der Waals surface area contributed by atoms with Gasteiger partial charge < -0.3 is 5.73 Å². The molecule has 20 heavy (non-hydrogen) atoms. The molecule has 2 rings (SSSR count). The van der Waals surface area contributed by atoms with E-state index in [-0.39, 0.29) is 6.54 Å². The lowest BCUT2D eigenvalue weighted by atomic mass is 10.1. The molecule has 0 spiro atoms. The van der Waals surface area contributed by atoms with Gasteiger partial charge in [0.1, 0.15) is 4.21 Å². The first-order valence-electron chi connectivity index (χ1n) is 6.04. The number of nitrogens with one attached hydrogen (secondary N) is 1. The summed E-state index contributed by atoms with van der Waals surface area (Å²) in [5.74, 6) is 0. The van der Waals surface area contributed by atoms with E-state index in [1.807, 2.05) is 24.3 Å². The summed E-state index contributed by atoms with van der Waals surface area (Å²) in [4.78, 5) is 0. The molecule has 3 N–H and O–H groups in total. The second-order valence-electron chi connectivity index (χ2n) is 4.24. The van der Waals surface area contributed by atoms with E-state index < -0.39 is 10.0 Å². The van der Waals surface area contributed by atoms with Crippen molar-refractivity contribution in [1.82, 2.24) is 4.72 Å². The zero-order chi connectivity index (χ0) is 14.6. The monoisotopic (exact) mass is 374 g/mol. The van der Waals surface area contributed by atoms with Gasteiger partial charge in [0.25, 0.3) is 0 Å². The third-order valence-corrected chi connectivity index (χ3v) is 6.25. The lowest BCUT2D eigenvalue weighted by Crippen LogP contribution is -2.22. The van der Waals surface area contributed by atoms with Crippen LogP contribution in [0.15, 0.2) is 44.4 Å². The molecule has 0 fully saturated rings. The molecule has 7 heteroatoms. The van der Waals surface area contributed by atoms with Gasteiger partial charge in [-0.1, -0.05) is 24.3 Å². The Balaban J connectivity index is 2.01. The summed E-state index contributed by atoms with van der Waals surface area (Å²) in [6.45, 7) is 0.889. The van der Waals surface area contributed by atoms with Crippen molar-refractivity contribution in [3.05, 3.63) is 51.3 Å². The van der Waals surface area contributed by atoms with Gasteiger partial charge in [0.05, 0.1) is 3.79 Å². The van der Waals surface area contributed by atoms with E-state index in [0.717, 1.165) is 21.3 Å². The van der Waals surface area contributed by atoms with Crippen LogP contribution in [0.5, 0.6) is 0 Å². The highest BCUT2D eigenvalue weighted by atomic mass is 79.9. The fourth-order valence-electron chi connectivity index (χ4n) is 1.68. The van der Waals surface area contributed by atoms with Gasteiger partial charge >= 0.3 is 0 Å². The summed E-state index contributed by atoms with van der Waals surface area (Å²) in [6.07, 6.45) is 0.829. The second-order valence-corrected chi connectivity index (χ2v) is 8.70. The third kappa shape index (κ3) is 4.13. The number of sulfonamides is 1. The first-order valence-corrected chi connectivity index (χ1v) is 9.13. The van der Waals surface area contributed by atoms with E-state index in [0.29, 0.717) is 10.8 Å². The summed E-state index contributed by atoms with van der Waals surface area (Å²) in [7, 11) is -3.44. The van der Waals surface area contributed by atoms with Crippen LogP contribution in [-0.2, 0) is 23.0 Å². The van der Waals surface area contributed by atoms with Gasteiger partial charge in [-0.2, -0.15) is 0 Å². The van der Waals surface area contributed by atoms with Gasteiger partial charge in [0.15, 0.2) is 0 Å². The van der Waals surface area contributed by atoms with Crippen molar-refractivity contribution in [2.45, 2.75) is 17.2 Å². The Kier molecular flexibility index (Phi) is 5.34. The molecule has 0 bridgehead atoms. The minimum Gasteiger partial charge on any atom is -0.330 e. The molecular weight excluding hydrogens is 360 g/mol. The molecule has 0 amide bonds. The molecular formula is C13H15BrN2O2S2. The molecule has 2 aromatic rings. The van der Waals surface area contributed by atoms with Crippen molar-refractivity contribution in [1.29, 1.82) is 0 Å². The van der Waals surface area contributed by atoms with Gasteiger partial charge in [0, 0.05) is 6.54 Å². The third-order valence-electron chi connectivity index (χ3n) is 2.74. The number of halogens is 1. The molecule has 0 aliphatic heterocycles. The minimum atomic E-state index is -3.44. The number of nitrogens with two attached hydrogens (primary N) is 1. The number of hydrogen-bond donors (Lipinski definition) is 2. The van der Waals surface area contributed by atoms with Crippen LogP contribution in [-0.4, -0.2) is 15.0 Å². The summed E-state index contributed by atoms with van der Waals surface area (Å²) in [5, 5.41) is 0. The van der Waals surface area contributed by atoms with Crippen molar-refractivity contribution in [2.24, 2.45) is 5.73 Å². The van der Waals surface area contributed by atoms with E-state index >= 15 is 0 Å². The van der Waals surface area contributed by atoms with Crippen molar-refractivity contribution in [3.8, 4) is 0 Å². The quantitative estimate of drug-likeness (QED) is 0.815. The van der Waals surface area contributed by atoms with Gasteiger partial charge in [-0.25, -0.2) is 13.1 Å². The van der Waals surface area contributed by atoms with Crippen LogP contribution < -0.4 is 10.5 Å². The van der Waals surface area contributed by atoms with Gasteiger partial charge in [-0.05, 0) is 52.2 Å². The average molecular weight is 375 g/mol. The molecule has 0 saturated heterocycles. The lowest BCUT2D eigenvalue weighted by Gasteiger charge is -2.06. The van der Waals surface area contributed by atoms with Crippen molar-refractivity contribution in [3.63, 3.8) is 0 Å². The Morgan fingerprint density at radius 3 is 2.30 bits per heavy atom. The molecule has 0 aliphatic rings. The van der Waals surface area contributed by atoms with Gasteiger partial charge in [0.2, 0.25) is 10.0 Å². The molecule has 0 radical (unpaired) electrons. The molecule has 0 unspecified atom stereocenters. The number of rotatable bonds is 6. The van der Waals surface area contributed by atoms with Gasteiger partial charge in [-0.15, -0.1) is 11.3 Å². The summed E-state index contributed by atoms with van der Waals surface area (Å²) < 4.78 is 27.8. The highest BCUT2D eigenvalue weighted by molar-refractivity contribution is 9.11. The topological polar surface area (TPSA) is 72.2 Å². The highest BCUT2D eigenvalue weighted by Gasteiger charge is 2.15. The largest absolute Gasteiger partial charge is 0.330 e. The van der Waals surface area contributed by atoms with Crippen molar-refractivity contribution in [2.75, 3.05) is 6.54 Å². The van der Waals surface area contributed by atoms with E-state index in [4.69, 9.17) is 5.73 Å². The van der Waals surface area contributed by atoms with Gasteiger partial charge in [-0.3, -0.25) is 0 Å². The maximum absolute atomic E-state index is 12.1. The zero-order valence-electron chi connectivity index (χ0n) is 10.7. The molecule has 0 atom stereocenters. The number of thiophene rings is 1. The maximum Gasteiger partial charge on any atom is 0.250 e. The Labute approximate surface area is 131 Å². The number of hydrogen-bond acceptors (Lipinski definition) is 4. The molecule has 1 aromatic heterocycles. The van der Waals surface area contributed by atoms with Crippen LogP contribution in [0.4, 0.5) is 0 Å². The van der Waals surface area contributed by atoms with Crippen LogP contribution in [0.1, 0.15) is 11.1 Å². The molecule has 1 heterocycles. The molecule has 0 aliphatic carbocycles. The Morgan fingerprint density at radius 1 is 1.10 bits per heavy atom. The standard InChI is InChI=1S/C13H15BrN2O2S2/c14-12-5-6-13(19-12)20(17,18)16-9-11-3-1-10(2-4-11)7-8-15/h1-6,16H,7-9,15H2. The lowest BCUT2D eigenvalue weighted by molar-refractivity contribution is 0.583. The van der Waals surface area contributed by atoms with E-state index in [1.54, 1.807) is 12.1 Å². The predicted molar refractivity (Wildman–Crippen MR) is 85.2 cm³/mol. The SMILES string of the molecule is NCCc1ccc(CNS(=O)(=O)c2ccc(Br)s2)cc1.